The van der Waals surface area contributed by atoms with E-state index in [4.69, 9.17) is 0 Å². The van der Waals surface area contributed by atoms with Gasteiger partial charge < -0.3 is 10.0 Å². The zero-order valence-electron chi connectivity index (χ0n) is 10.9. The van der Waals surface area contributed by atoms with E-state index in [0.717, 1.165) is 37.7 Å². The molecule has 0 unspecified atom stereocenters. The van der Waals surface area contributed by atoms with Crippen LogP contribution in [-0.4, -0.2) is 42.7 Å². The molecular weight excluding hydrogens is 224 g/mol. The Hall–Kier alpha value is -1.06. The first-order valence-corrected chi connectivity index (χ1v) is 7.03. The number of rotatable bonds is 4. The molecule has 3 rings (SSSR count). The van der Waals surface area contributed by atoms with Crippen LogP contribution in [0.5, 0.6) is 0 Å². The standard InChI is InChI=1S/C15H22N2O/c18-12-14-3-1-2-4-15(14)17-9-7-16(8-10-17)11-13-5-6-13/h1-4,13,18H,5-12H2. The van der Waals surface area contributed by atoms with Gasteiger partial charge in [0.1, 0.15) is 0 Å². The van der Waals surface area contributed by atoms with E-state index in [1.54, 1.807) is 0 Å². The lowest BCUT2D eigenvalue weighted by atomic mass is 10.1. The lowest BCUT2D eigenvalue weighted by molar-refractivity contribution is 0.246. The minimum absolute atomic E-state index is 0.137. The molecule has 2 aliphatic rings. The Morgan fingerprint density at radius 2 is 1.78 bits per heavy atom. The van der Waals surface area contributed by atoms with Crippen molar-refractivity contribution in [3.05, 3.63) is 29.8 Å². The molecule has 0 spiro atoms. The molecule has 0 radical (unpaired) electrons. The van der Waals surface area contributed by atoms with E-state index in [2.05, 4.69) is 21.9 Å². The van der Waals surface area contributed by atoms with Crippen LogP contribution in [0.3, 0.4) is 0 Å². The summed E-state index contributed by atoms with van der Waals surface area (Å²) in [6, 6.07) is 8.21. The summed E-state index contributed by atoms with van der Waals surface area (Å²) in [5.74, 6) is 0.987. The predicted molar refractivity (Wildman–Crippen MR) is 73.7 cm³/mol. The maximum absolute atomic E-state index is 9.39. The Bertz CT molecular complexity index is 395. The van der Waals surface area contributed by atoms with Crippen molar-refractivity contribution in [3.63, 3.8) is 0 Å². The van der Waals surface area contributed by atoms with Crippen LogP contribution in [-0.2, 0) is 6.61 Å². The maximum atomic E-state index is 9.39. The van der Waals surface area contributed by atoms with Crippen LogP contribution in [0.4, 0.5) is 5.69 Å². The lowest BCUT2D eigenvalue weighted by Crippen LogP contribution is -2.47. The Labute approximate surface area is 109 Å². The van der Waals surface area contributed by atoms with Gasteiger partial charge in [-0.15, -0.1) is 0 Å². The number of hydrogen-bond acceptors (Lipinski definition) is 3. The van der Waals surface area contributed by atoms with Gasteiger partial charge in [-0.05, 0) is 24.8 Å². The predicted octanol–water partition coefficient (Wildman–Crippen LogP) is 1.71. The molecule has 2 fully saturated rings. The number of hydrogen-bond donors (Lipinski definition) is 1. The van der Waals surface area contributed by atoms with Gasteiger partial charge in [0.2, 0.25) is 0 Å². The molecule has 1 saturated heterocycles. The summed E-state index contributed by atoms with van der Waals surface area (Å²) in [5.41, 5.74) is 2.26. The van der Waals surface area contributed by atoms with Crippen LogP contribution < -0.4 is 4.90 Å². The van der Waals surface area contributed by atoms with Gasteiger partial charge >= 0.3 is 0 Å². The molecular formula is C15H22N2O. The van der Waals surface area contributed by atoms with Crippen molar-refractivity contribution in [2.75, 3.05) is 37.6 Å². The zero-order valence-corrected chi connectivity index (χ0v) is 10.9. The summed E-state index contributed by atoms with van der Waals surface area (Å²) in [7, 11) is 0. The average molecular weight is 246 g/mol. The quantitative estimate of drug-likeness (QED) is 0.876. The van der Waals surface area contributed by atoms with Crippen molar-refractivity contribution >= 4 is 5.69 Å². The second kappa shape index (κ2) is 5.29. The van der Waals surface area contributed by atoms with Crippen molar-refractivity contribution in [2.24, 2.45) is 5.92 Å². The highest BCUT2D eigenvalue weighted by Gasteiger charge is 2.26. The Balaban J connectivity index is 1.60. The van der Waals surface area contributed by atoms with E-state index in [1.165, 1.54) is 25.1 Å². The average Bonchev–Trinajstić information content (AvgIpc) is 3.24. The van der Waals surface area contributed by atoms with Crippen LogP contribution >= 0.6 is 0 Å². The summed E-state index contributed by atoms with van der Waals surface area (Å²) in [6.45, 7) is 5.94. The summed E-state index contributed by atoms with van der Waals surface area (Å²) < 4.78 is 0. The lowest BCUT2D eigenvalue weighted by Gasteiger charge is -2.37. The zero-order chi connectivity index (χ0) is 12.4. The number of para-hydroxylation sites is 1. The summed E-state index contributed by atoms with van der Waals surface area (Å²) in [5, 5.41) is 9.39. The van der Waals surface area contributed by atoms with Gasteiger partial charge in [0.15, 0.2) is 0 Å². The Morgan fingerprint density at radius 3 is 2.44 bits per heavy atom. The molecule has 1 saturated carbocycles. The SMILES string of the molecule is OCc1ccccc1N1CCN(CC2CC2)CC1. The topological polar surface area (TPSA) is 26.7 Å². The molecule has 1 aromatic carbocycles. The third-order valence-electron chi connectivity index (χ3n) is 4.09. The van der Waals surface area contributed by atoms with Crippen molar-refractivity contribution < 1.29 is 5.11 Å². The fourth-order valence-corrected chi connectivity index (χ4v) is 2.79. The number of aliphatic hydroxyl groups excluding tert-OH is 1. The van der Waals surface area contributed by atoms with E-state index in [9.17, 15) is 5.11 Å². The van der Waals surface area contributed by atoms with Crippen molar-refractivity contribution in [3.8, 4) is 0 Å². The molecule has 0 amide bonds. The van der Waals surface area contributed by atoms with Gasteiger partial charge in [-0.2, -0.15) is 0 Å². The number of benzene rings is 1. The van der Waals surface area contributed by atoms with Crippen LogP contribution in [0.15, 0.2) is 24.3 Å². The monoisotopic (exact) mass is 246 g/mol. The molecule has 0 aromatic heterocycles. The van der Waals surface area contributed by atoms with Gasteiger partial charge in [0, 0.05) is 44.0 Å². The van der Waals surface area contributed by atoms with Crippen molar-refractivity contribution in [1.82, 2.24) is 4.90 Å². The van der Waals surface area contributed by atoms with E-state index in [-0.39, 0.29) is 6.61 Å². The Morgan fingerprint density at radius 1 is 1.06 bits per heavy atom. The minimum atomic E-state index is 0.137. The molecule has 3 nitrogen and oxygen atoms in total. The molecule has 3 heteroatoms. The van der Waals surface area contributed by atoms with E-state index in [1.807, 2.05) is 12.1 Å². The first-order valence-electron chi connectivity index (χ1n) is 7.03. The molecule has 1 aromatic rings. The number of aliphatic hydroxyl groups is 1. The van der Waals surface area contributed by atoms with Crippen LogP contribution in [0, 0.1) is 5.92 Å². The highest BCUT2D eigenvalue weighted by Crippen LogP contribution is 2.30. The van der Waals surface area contributed by atoms with E-state index in [0.29, 0.717) is 0 Å². The first-order chi connectivity index (χ1) is 8.86. The summed E-state index contributed by atoms with van der Waals surface area (Å²) in [4.78, 5) is 5.00. The molecule has 1 N–H and O–H groups in total. The number of anilines is 1. The fraction of sp³-hybridized carbons (Fsp3) is 0.600. The first kappa shape index (κ1) is 12.0. The molecule has 98 valence electrons. The van der Waals surface area contributed by atoms with Gasteiger partial charge in [-0.3, -0.25) is 4.90 Å². The normalized spacial score (nSPS) is 21.3. The van der Waals surface area contributed by atoms with Crippen LogP contribution in [0.25, 0.3) is 0 Å². The highest BCUT2D eigenvalue weighted by molar-refractivity contribution is 5.53. The number of piperazine rings is 1. The molecule has 18 heavy (non-hydrogen) atoms. The molecule has 1 aliphatic heterocycles. The Kier molecular flexibility index (Phi) is 3.52. The van der Waals surface area contributed by atoms with Gasteiger partial charge in [-0.25, -0.2) is 0 Å². The third kappa shape index (κ3) is 2.68. The number of nitrogens with zero attached hydrogens (tertiary/aromatic N) is 2. The summed E-state index contributed by atoms with van der Waals surface area (Å²) >= 11 is 0. The minimum Gasteiger partial charge on any atom is -0.392 e. The van der Waals surface area contributed by atoms with Crippen molar-refractivity contribution in [1.29, 1.82) is 0 Å². The van der Waals surface area contributed by atoms with Gasteiger partial charge in [-0.1, -0.05) is 18.2 Å². The van der Waals surface area contributed by atoms with E-state index < -0.39 is 0 Å². The second-order valence-corrected chi connectivity index (χ2v) is 5.52. The smallest absolute Gasteiger partial charge is 0.0702 e. The van der Waals surface area contributed by atoms with Crippen LogP contribution in [0.2, 0.25) is 0 Å². The molecule has 1 aliphatic carbocycles. The maximum Gasteiger partial charge on any atom is 0.0702 e. The molecule has 1 heterocycles. The van der Waals surface area contributed by atoms with E-state index >= 15 is 0 Å². The van der Waals surface area contributed by atoms with Crippen molar-refractivity contribution in [2.45, 2.75) is 19.4 Å². The highest BCUT2D eigenvalue weighted by atomic mass is 16.3. The molecule has 0 atom stereocenters. The third-order valence-corrected chi connectivity index (χ3v) is 4.09. The summed E-state index contributed by atoms with van der Waals surface area (Å²) in [6.07, 6.45) is 2.88. The van der Waals surface area contributed by atoms with Gasteiger partial charge in [0.25, 0.3) is 0 Å². The van der Waals surface area contributed by atoms with Crippen LogP contribution in [0.1, 0.15) is 18.4 Å². The van der Waals surface area contributed by atoms with Gasteiger partial charge in [0.05, 0.1) is 6.61 Å². The largest absolute Gasteiger partial charge is 0.392 e. The molecule has 0 bridgehead atoms. The fourth-order valence-electron chi connectivity index (χ4n) is 2.79. The second-order valence-electron chi connectivity index (χ2n) is 5.52.